The topological polar surface area (TPSA) is 35.5 Å². The van der Waals surface area contributed by atoms with E-state index >= 15 is 0 Å². The van der Waals surface area contributed by atoms with Gasteiger partial charge in [-0.2, -0.15) is 0 Å². The van der Waals surface area contributed by atoms with E-state index < -0.39 is 0 Å². The van der Waals surface area contributed by atoms with Gasteiger partial charge in [-0.15, -0.1) is 0 Å². The Morgan fingerprint density at radius 3 is 2.60 bits per heavy atom. The quantitative estimate of drug-likeness (QED) is 0.838. The van der Waals surface area contributed by atoms with E-state index in [-0.39, 0.29) is 6.10 Å². The van der Waals surface area contributed by atoms with Crippen molar-refractivity contribution in [2.45, 2.75) is 52.3 Å². The van der Waals surface area contributed by atoms with Crippen molar-refractivity contribution in [2.75, 3.05) is 18.5 Å². The first kappa shape index (κ1) is 15.3. The van der Waals surface area contributed by atoms with Crippen LogP contribution in [0.4, 0.5) is 5.69 Å². The molecule has 1 aromatic carbocycles. The van der Waals surface area contributed by atoms with Crippen LogP contribution in [-0.2, 0) is 6.54 Å². The number of anilines is 1. The fourth-order valence-corrected chi connectivity index (χ4v) is 2.77. The van der Waals surface area contributed by atoms with Crippen LogP contribution in [0.3, 0.4) is 0 Å². The number of hydrogen-bond acceptors (Lipinski definition) is 3. The molecule has 1 aromatic rings. The summed E-state index contributed by atoms with van der Waals surface area (Å²) in [4.78, 5) is 2.31. The van der Waals surface area contributed by atoms with Gasteiger partial charge in [-0.25, -0.2) is 0 Å². The zero-order valence-electron chi connectivity index (χ0n) is 13.2. The molecule has 0 atom stereocenters. The Labute approximate surface area is 123 Å². The molecule has 0 radical (unpaired) electrons. The highest BCUT2D eigenvalue weighted by molar-refractivity contribution is 5.50. The minimum Gasteiger partial charge on any atom is -0.393 e. The van der Waals surface area contributed by atoms with Gasteiger partial charge in [0, 0.05) is 31.9 Å². The van der Waals surface area contributed by atoms with Crippen molar-refractivity contribution in [3.05, 3.63) is 29.3 Å². The number of nitrogens with one attached hydrogen (secondary N) is 1. The van der Waals surface area contributed by atoms with Gasteiger partial charge in [-0.1, -0.05) is 19.9 Å². The second-order valence-electron chi connectivity index (χ2n) is 6.52. The fraction of sp³-hybridized carbons (Fsp3) is 0.647. The second-order valence-corrected chi connectivity index (χ2v) is 6.52. The number of rotatable bonds is 6. The third-order valence-electron chi connectivity index (χ3n) is 4.21. The van der Waals surface area contributed by atoms with Crippen molar-refractivity contribution < 1.29 is 5.11 Å². The highest BCUT2D eigenvalue weighted by atomic mass is 16.3. The first-order valence-electron chi connectivity index (χ1n) is 7.68. The van der Waals surface area contributed by atoms with Gasteiger partial charge in [0.15, 0.2) is 0 Å². The third-order valence-corrected chi connectivity index (χ3v) is 4.21. The molecule has 0 saturated heterocycles. The molecule has 0 amide bonds. The summed E-state index contributed by atoms with van der Waals surface area (Å²) in [6.45, 7) is 8.50. The molecule has 112 valence electrons. The molecule has 1 aliphatic rings. The van der Waals surface area contributed by atoms with Crippen molar-refractivity contribution in [2.24, 2.45) is 5.92 Å². The van der Waals surface area contributed by atoms with Crippen molar-refractivity contribution in [1.82, 2.24) is 5.32 Å². The second kappa shape index (κ2) is 6.59. The zero-order valence-corrected chi connectivity index (χ0v) is 13.2. The van der Waals surface area contributed by atoms with Crippen LogP contribution in [0.1, 0.15) is 37.8 Å². The van der Waals surface area contributed by atoms with Crippen molar-refractivity contribution in [1.29, 1.82) is 0 Å². The van der Waals surface area contributed by atoms with E-state index in [4.69, 9.17) is 0 Å². The number of aliphatic hydroxyl groups is 1. The number of aliphatic hydroxyl groups excluding tert-OH is 1. The van der Waals surface area contributed by atoms with Gasteiger partial charge >= 0.3 is 0 Å². The Kier molecular flexibility index (Phi) is 5.06. The first-order valence-corrected chi connectivity index (χ1v) is 7.68. The Bertz CT molecular complexity index is 439. The van der Waals surface area contributed by atoms with E-state index in [9.17, 15) is 5.11 Å². The van der Waals surface area contributed by atoms with Gasteiger partial charge < -0.3 is 15.3 Å². The molecule has 0 spiro atoms. The molecule has 0 aromatic heterocycles. The third kappa shape index (κ3) is 3.97. The lowest BCUT2D eigenvalue weighted by atomic mass is 9.82. The number of nitrogens with zero attached hydrogens (tertiary/aromatic N) is 1. The number of benzene rings is 1. The van der Waals surface area contributed by atoms with Crippen molar-refractivity contribution >= 4 is 5.69 Å². The SMILES string of the molecule is Cc1cc(N(C)CC2CC(O)C2)ccc1CNC(C)C. The molecular formula is C17H28N2O. The molecule has 0 heterocycles. The minimum absolute atomic E-state index is 0.0559. The van der Waals surface area contributed by atoms with Gasteiger partial charge in [-0.3, -0.25) is 0 Å². The van der Waals surface area contributed by atoms with Gasteiger partial charge in [0.1, 0.15) is 0 Å². The van der Waals surface area contributed by atoms with Crippen LogP contribution in [-0.4, -0.2) is 30.8 Å². The molecule has 1 fully saturated rings. The van der Waals surface area contributed by atoms with E-state index in [1.807, 2.05) is 0 Å². The lowest BCUT2D eigenvalue weighted by Crippen LogP contribution is -2.37. The molecule has 20 heavy (non-hydrogen) atoms. The summed E-state index contributed by atoms with van der Waals surface area (Å²) >= 11 is 0. The van der Waals surface area contributed by atoms with Crippen LogP contribution in [0.5, 0.6) is 0 Å². The van der Waals surface area contributed by atoms with Gasteiger partial charge in [0.25, 0.3) is 0 Å². The summed E-state index contributed by atoms with van der Waals surface area (Å²) in [6, 6.07) is 7.22. The van der Waals surface area contributed by atoms with Crippen LogP contribution in [0, 0.1) is 12.8 Å². The highest BCUT2D eigenvalue weighted by Gasteiger charge is 2.28. The average Bonchev–Trinajstić information content (AvgIpc) is 2.35. The maximum absolute atomic E-state index is 9.36. The molecule has 3 heteroatoms. The average molecular weight is 276 g/mol. The normalized spacial score (nSPS) is 21.9. The molecule has 2 rings (SSSR count). The van der Waals surface area contributed by atoms with Crippen LogP contribution in [0.25, 0.3) is 0 Å². The summed E-state index contributed by atoms with van der Waals surface area (Å²) in [5, 5.41) is 12.8. The maximum Gasteiger partial charge on any atom is 0.0546 e. The molecular weight excluding hydrogens is 248 g/mol. The molecule has 0 unspecified atom stereocenters. The van der Waals surface area contributed by atoms with E-state index in [1.54, 1.807) is 0 Å². The molecule has 1 saturated carbocycles. The monoisotopic (exact) mass is 276 g/mol. The van der Waals surface area contributed by atoms with Crippen LogP contribution in [0.15, 0.2) is 18.2 Å². The number of aryl methyl sites for hydroxylation is 1. The summed E-state index contributed by atoms with van der Waals surface area (Å²) < 4.78 is 0. The van der Waals surface area contributed by atoms with Crippen molar-refractivity contribution in [3.8, 4) is 0 Å². The lowest BCUT2D eigenvalue weighted by molar-refractivity contribution is 0.0465. The summed E-state index contributed by atoms with van der Waals surface area (Å²) in [5.41, 5.74) is 3.99. The Morgan fingerprint density at radius 2 is 2.05 bits per heavy atom. The Morgan fingerprint density at radius 1 is 1.35 bits per heavy atom. The lowest BCUT2D eigenvalue weighted by Gasteiger charge is -2.35. The van der Waals surface area contributed by atoms with Gasteiger partial charge in [0.2, 0.25) is 0 Å². The molecule has 0 aliphatic heterocycles. The molecule has 0 bridgehead atoms. The van der Waals surface area contributed by atoms with Gasteiger partial charge in [-0.05, 0) is 48.9 Å². The molecule has 2 N–H and O–H groups in total. The standard InChI is InChI=1S/C17H28N2O/c1-12(2)18-10-15-5-6-16(7-13(15)3)19(4)11-14-8-17(20)9-14/h5-7,12,14,17-18,20H,8-11H2,1-4H3. The van der Waals surface area contributed by atoms with E-state index in [2.05, 4.69) is 56.2 Å². The number of hydrogen-bond donors (Lipinski definition) is 2. The predicted molar refractivity (Wildman–Crippen MR) is 85.2 cm³/mol. The maximum atomic E-state index is 9.36. The highest BCUT2D eigenvalue weighted by Crippen LogP contribution is 2.29. The first-order chi connectivity index (χ1) is 9.45. The summed E-state index contributed by atoms with van der Waals surface area (Å²) in [7, 11) is 2.14. The van der Waals surface area contributed by atoms with Crippen LogP contribution >= 0.6 is 0 Å². The molecule has 3 nitrogen and oxygen atoms in total. The van der Waals surface area contributed by atoms with E-state index in [1.165, 1.54) is 16.8 Å². The van der Waals surface area contributed by atoms with E-state index in [0.717, 1.165) is 25.9 Å². The van der Waals surface area contributed by atoms with E-state index in [0.29, 0.717) is 12.0 Å². The Balaban J connectivity index is 1.93. The van der Waals surface area contributed by atoms with Crippen molar-refractivity contribution in [3.63, 3.8) is 0 Å². The van der Waals surface area contributed by atoms with Crippen LogP contribution in [0.2, 0.25) is 0 Å². The molecule has 1 aliphatic carbocycles. The largest absolute Gasteiger partial charge is 0.393 e. The predicted octanol–water partition coefficient (Wildman–Crippen LogP) is 2.70. The summed E-state index contributed by atoms with van der Waals surface area (Å²) in [5.74, 6) is 0.651. The Hall–Kier alpha value is -1.06. The minimum atomic E-state index is -0.0559. The van der Waals surface area contributed by atoms with Crippen LogP contribution < -0.4 is 10.2 Å². The van der Waals surface area contributed by atoms with Gasteiger partial charge in [0.05, 0.1) is 6.10 Å². The zero-order chi connectivity index (χ0) is 14.7. The fourth-order valence-electron chi connectivity index (χ4n) is 2.77. The smallest absolute Gasteiger partial charge is 0.0546 e. The summed E-state index contributed by atoms with van der Waals surface area (Å²) in [6.07, 6.45) is 1.86.